The molecular weight excluding hydrogens is 576 g/mol. The number of fused-ring (bicyclic) bond motifs is 12. The zero-order valence-electron chi connectivity index (χ0n) is 24.1. The maximum absolute atomic E-state index is 14.2. The first-order valence-corrected chi connectivity index (χ1v) is 15.2. The summed E-state index contributed by atoms with van der Waals surface area (Å²) in [6.45, 7) is 0.324. The van der Waals surface area contributed by atoms with Gasteiger partial charge in [0.25, 0.3) is 23.6 Å². The van der Waals surface area contributed by atoms with Gasteiger partial charge in [-0.1, -0.05) is 48.5 Å². The zero-order valence-corrected chi connectivity index (χ0v) is 24.1. The van der Waals surface area contributed by atoms with E-state index in [9.17, 15) is 19.2 Å². The van der Waals surface area contributed by atoms with Crippen LogP contribution in [0.25, 0.3) is 43.1 Å². The van der Waals surface area contributed by atoms with Crippen molar-refractivity contribution in [2.24, 2.45) is 0 Å². The van der Waals surface area contributed by atoms with Crippen LogP contribution >= 0.6 is 0 Å². The molecule has 0 fully saturated rings. The highest BCUT2D eigenvalue weighted by Gasteiger charge is 2.41. The molecule has 8 nitrogen and oxygen atoms in total. The third-order valence-electron chi connectivity index (χ3n) is 10.3. The van der Waals surface area contributed by atoms with Gasteiger partial charge in [-0.2, -0.15) is 0 Å². The summed E-state index contributed by atoms with van der Waals surface area (Å²) in [7, 11) is 0. The van der Waals surface area contributed by atoms with Crippen LogP contribution in [0.15, 0.2) is 97.1 Å². The van der Waals surface area contributed by atoms with Crippen LogP contribution in [0, 0.1) is 0 Å². The van der Waals surface area contributed by atoms with Gasteiger partial charge in [0.15, 0.2) is 0 Å². The molecule has 4 heterocycles. The number of carbonyl (C=O) groups is 4. The van der Waals surface area contributed by atoms with Gasteiger partial charge in [-0.15, -0.1) is 0 Å². The Morgan fingerprint density at radius 2 is 0.587 bits per heavy atom. The summed E-state index contributed by atoms with van der Waals surface area (Å²) in [5.41, 5.74) is 4.76. The topological polar surface area (TPSA) is 81.2 Å². The number of carbonyl (C=O) groups excluding carboxylic acids is 4. The monoisotopic (exact) mass is 596 g/mol. The highest BCUT2D eigenvalue weighted by Crippen LogP contribution is 2.48. The Labute approximate surface area is 260 Å². The number of para-hydroxylation sites is 4. The average Bonchev–Trinajstić information content (AvgIpc) is 3.68. The van der Waals surface area contributed by atoms with Crippen LogP contribution in [0.5, 0.6) is 0 Å². The number of hydrogen-bond donors (Lipinski definition) is 0. The van der Waals surface area contributed by atoms with E-state index in [1.807, 2.05) is 97.1 Å². The van der Waals surface area contributed by atoms with E-state index >= 15 is 0 Å². The first-order valence-electron chi connectivity index (χ1n) is 15.2. The molecule has 4 amide bonds. The molecule has 46 heavy (non-hydrogen) atoms. The smallest absolute Gasteiger partial charge is 0.260 e. The minimum absolute atomic E-state index is 0.162. The Balaban J connectivity index is 1.25. The van der Waals surface area contributed by atoms with E-state index < -0.39 is 0 Å². The highest BCUT2D eigenvalue weighted by atomic mass is 16.2. The number of anilines is 4. The predicted molar refractivity (Wildman–Crippen MR) is 178 cm³/mol. The van der Waals surface area contributed by atoms with Crippen LogP contribution in [-0.4, -0.2) is 37.0 Å². The summed E-state index contributed by atoms with van der Waals surface area (Å²) in [5, 5.41) is 6.32. The Bertz CT molecular complexity index is 2310. The Morgan fingerprint density at radius 3 is 0.848 bits per heavy atom. The molecule has 7 aromatic carbocycles. The van der Waals surface area contributed by atoms with E-state index in [0.717, 1.165) is 32.3 Å². The third-order valence-corrected chi connectivity index (χ3v) is 10.3. The number of nitrogens with zero attached hydrogens (tertiary/aromatic N) is 4. The van der Waals surface area contributed by atoms with Crippen molar-refractivity contribution in [3.63, 3.8) is 0 Å². The fourth-order valence-corrected chi connectivity index (χ4v) is 8.31. The molecule has 0 radical (unpaired) electrons. The molecule has 7 aromatic rings. The minimum Gasteiger partial charge on any atom is -0.288 e. The molecule has 0 saturated carbocycles. The Hall–Kier alpha value is -6.28. The second-order valence-corrected chi connectivity index (χ2v) is 12.3. The van der Waals surface area contributed by atoms with Crippen LogP contribution in [-0.2, 0) is 0 Å². The molecular formula is C38H20N4O4. The van der Waals surface area contributed by atoms with Crippen LogP contribution in [0.1, 0.15) is 41.4 Å². The van der Waals surface area contributed by atoms with Gasteiger partial charge in [-0.05, 0) is 80.8 Å². The van der Waals surface area contributed by atoms with Gasteiger partial charge in [-0.25, -0.2) is 0 Å². The standard InChI is InChI=1S/C38H20N4O4/c43-35-23-13-9-19-21-11-15-25-34-26(38(46)42-18-41(37(25)45)29-7-3-4-8-30(29)42)16-12-22(32(21)34)20-10-14-24(33(23)31(19)20)36(44)40-17-39(35)27-5-1-2-6-28(27)40/h1-16H,17-18H2. The molecule has 4 aliphatic heterocycles. The summed E-state index contributed by atoms with van der Waals surface area (Å²) in [5.74, 6) is -0.646. The number of benzene rings is 7. The Kier molecular flexibility index (Phi) is 4.12. The number of amides is 4. The molecule has 216 valence electrons. The lowest BCUT2D eigenvalue weighted by molar-refractivity contribution is 0.0956. The van der Waals surface area contributed by atoms with Crippen molar-refractivity contribution in [3.05, 3.63) is 119 Å². The fraction of sp³-hybridized carbons (Fsp3) is 0.0526. The second kappa shape index (κ2) is 7.86. The molecule has 11 rings (SSSR count). The van der Waals surface area contributed by atoms with Crippen molar-refractivity contribution < 1.29 is 19.2 Å². The summed E-state index contributed by atoms with van der Waals surface area (Å²) < 4.78 is 0. The summed E-state index contributed by atoms with van der Waals surface area (Å²) in [6.07, 6.45) is 0. The minimum atomic E-state index is -0.162. The van der Waals surface area contributed by atoms with Gasteiger partial charge in [-0.3, -0.25) is 38.8 Å². The van der Waals surface area contributed by atoms with E-state index in [2.05, 4.69) is 0 Å². The molecule has 0 aromatic heterocycles. The van der Waals surface area contributed by atoms with Crippen molar-refractivity contribution in [3.8, 4) is 0 Å². The van der Waals surface area contributed by atoms with Gasteiger partial charge in [0.05, 0.1) is 22.7 Å². The maximum atomic E-state index is 14.2. The molecule has 0 saturated heterocycles. The van der Waals surface area contributed by atoms with E-state index in [-0.39, 0.29) is 37.0 Å². The molecule has 0 atom stereocenters. The summed E-state index contributed by atoms with van der Waals surface area (Å²) in [6, 6.07) is 30.0. The lowest BCUT2D eigenvalue weighted by atomic mass is 9.83. The highest BCUT2D eigenvalue weighted by molar-refractivity contribution is 6.41. The van der Waals surface area contributed by atoms with Gasteiger partial charge in [0.1, 0.15) is 13.3 Å². The zero-order chi connectivity index (χ0) is 30.6. The third kappa shape index (κ3) is 2.61. The fourth-order valence-electron chi connectivity index (χ4n) is 8.31. The van der Waals surface area contributed by atoms with Crippen molar-refractivity contribution in [1.29, 1.82) is 0 Å². The summed E-state index contributed by atoms with van der Waals surface area (Å²) >= 11 is 0. The average molecular weight is 597 g/mol. The van der Waals surface area contributed by atoms with Crippen LogP contribution in [0.3, 0.4) is 0 Å². The summed E-state index contributed by atoms with van der Waals surface area (Å²) in [4.78, 5) is 63.5. The van der Waals surface area contributed by atoms with Crippen molar-refractivity contribution >= 4 is 89.5 Å². The van der Waals surface area contributed by atoms with Crippen molar-refractivity contribution in [2.75, 3.05) is 32.9 Å². The lowest BCUT2D eigenvalue weighted by Crippen LogP contribution is -2.40. The molecule has 0 unspecified atom stereocenters. The normalized spacial score (nSPS) is 16.5. The van der Waals surface area contributed by atoms with Crippen molar-refractivity contribution in [2.45, 2.75) is 0 Å². The maximum Gasteiger partial charge on any atom is 0.260 e. The quantitative estimate of drug-likeness (QED) is 0.141. The molecule has 4 bridgehead atoms. The first-order chi connectivity index (χ1) is 22.5. The first kappa shape index (κ1) is 24.1. The van der Waals surface area contributed by atoms with Crippen LogP contribution in [0.2, 0.25) is 0 Å². The lowest BCUT2D eigenvalue weighted by Gasteiger charge is -2.27. The molecule has 0 aliphatic carbocycles. The predicted octanol–water partition coefficient (Wildman–Crippen LogP) is 6.89. The molecule has 4 aliphatic rings. The van der Waals surface area contributed by atoms with Crippen LogP contribution < -0.4 is 19.6 Å². The largest absolute Gasteiger partial charge is 0.288 e. The Morgan fingerprint density at radius 1 is 0.326 bits per heavy atom. The van der Waals surface area contributed by atoms with E-state index in [1.54, 1.807) is 19.6 Å². The molecule has 8 heteroatoms. The van der Waals surface area contributed by atoms with E-state index in [4.69, 9.17) is 0 Å². The van der Waals surface area contributed by atoms with E-state index in [0.29, 0.717) is 55.8 Å². The number of rotatable bonds is 0. The van der Waals surface area contributed by atoms with Crippen LogP contribution in [0.4, 0.5) is 22.7 Å². The van der Waals surface area contributed by atoms with Gasteiger partial charge in [0.2, 0.25) is 0 Å². The molecule has 0 N–H and O–H groups in total. The van der Waals surface area contributed by atoms with Gasteiger partial charge >= 0.3 is 0 Å². The SMILES string of the molecule is O=C1c2ccc3c4ccc5c6c(ccc(c7ccc(c2c37)C(=O)N2CN1c1ccccc12)c64)C(=O)N1CN(C5=O)c2ccccc21. The van der Waals surface area contributed by atoms with Gasteiger partial charge < -0.3 is 0 Å². The van der Waals surface area contributed by atoms with E-state index in [1.165, 1.54) is 0 Å². The van der Waals surface area contributed by atoms with Gasteiger partial charge in [0, 0.05) is 33.0 Å². The second-order valence-electron chi connectivity index (χ2n) is 12.3. The molecule has 0 spiro atoms. The number of hydrogen-bond acceptors (Lipinski definition) is 4. The van der Waals surface area contributed by atoms with Crippen molar-refractivity contribution in [1.82, 2.24) is 0 Å².